The number of aliphatic carboxylic acids is 1. The van der Waals surface area contributed by atoms with E-state index in [1.165, 1.54) is 0 Å². The zero-order valence-electron chi connectivity index (χ0n) is 10.4. The molecule has 0 radical (unpaired) electrons. The van der Waals surface area contributed by atoms with Crippen molar-refractivity contribution in [2.75, 3.05) is 11.9 Å². The van der Waals surface area contributed by atoms with E-state index in [4.69, 9.17) is 16.7 Å². The lowest BCUT2D eigenvalue weighted by molar-refractivity contribution is -0.137. The molecule has 5 nitrogen and oxygen atoms in total. The number of rotatable bonds is 6. The van der Waals surface area contributed by atoms with Gasteiger partial charge in [-0.3, -0.25) is 4.79 Å². The molecular weight excluding hydrogens is 294 g/mol. The molecule has 1 rings (SSSR count). The van der Waals surface area contributed by atoms with Gasteiger partial charge in [0.15, 0.2) is 5.82 Å². The molecule has 110 valence electrons. The van der Waals surface area contributed by atoms with Crippen LogP contribution in [0.2, 0.25) is 5.02 Å². The molecule has 0 atom stereocenters. The summed E-state index contributed by atoms with van der Waals surface area (Å²) in [4.78, 5) is 21.7. The van der Waals surface area contributed by atoms with E-state index < -0.39 is 23.6 Å². The van der Waals surface area contributed by atoms with E-state index in [2.05, 4.69) is 10.6 Å². The molecule has 1 aromatic carbocycles. The molecule has 0 unspecified atom stereocenters. The molecule has 0 aliphatic heterocycles. The molecule has 0 bridgehead atoms. The Morgan fingerprint density at radius 3 is 2.55 bits per heavy atom. The van der Waals surface area contributed by atoms with Crippen molar-refractivity contribution in [2.45, 2.75) is 19.3 Å². The second-order valence-corrected chi connectivity index (χ2v) is 4.38. The van der Waals surface area contributed by atoms with E-state index in [0.29, 0.717) is 18.9 Å². The van der Waals surface area contributed by atoms with Gasteiger partial charge in [-0.25, -0.2) is 13.6 Å². The van der Waals surface area contributed by atoms with Crippen LogP contribution in [0.15, 0.2) is 12.1 Å². The van der Waals surface area contributed by atoms with Crippen molar-refractivity contribution >= 4 is 29.3 Å². The average Bonchev–Trinajstić information content (AvgIpc) is 2.33. The van der Waals surface area contributed by atoms with Crippen molar-refractivity contribution in [2.24, 2.45) is 0 Å². The van der Waals surface area contributed by atoms with Gasteiger partial charge >= 0.3 is 12.0 Å². The second kappa shape index (κ2) is 7.64. The summed E-state index contributed by atoms with van der Waals surface area (Å²) in [5.74, 6) is -2.72. The van der Waals surface area contributed by atoms with Crippen molar-refractivity contribution in [1.82, 2.24) is 5.32 Å². The van der Waals surface area contributed by atoms with Crippen molar-refractivity contribution < 1.29 is 23.5 Å². The van der Waals surface area contributed by atoms with Crippen LogP contribution >= 0.6 is 11.6 Å². The molecule has 0 aliphatic rings. The fourth-order valence-corrected chi connectivity index (χ4v) is 1.66. The summed E-state index contributed by atoms with van der Waals surface area (Å²) < 4.78 is 26.2. The lowest BCUT2D eigenvalue weighted by atomic mass is 10.2. The van der Waals surface area contributed by atoms with Gasteiger partial charge in [-0.1, -0.05) is 11.6 Å². The maximum Gasteiger partial charge on any atom is 0.319 e. The lowest BCUT2D eigenvalue weighted by Crippen LogP contribution is -2.30. The first-order valence-corrected chi connectivity index (χ1v) is 6.19. The highest BCUT2D eigenvalue weighted by molar-refractivity contribution is 6.33. The topological polar surface area (TPSA) is 78.4 Å². The van der Waals surface area contributed by atoms with Gasteiger partial charge in [-0.2, -0.15) is 0 Å². The van der Waals surface area contributed by atoms with Gasteiger partial charge in [0.2, 0.25) is 0 Å². The fraction of sp³-hybridized carbons (Fsp3) is 0.333. The zero-order chi connectivity index (χ0) is 15.1. The third-order valence-corrected chi connectivity index (χ3v) is 2.65. The van der Waals surface area contributed by atoms with Crippen LogP contribution in [0.3, 0.4) is 0 Å². The summed E-state index contributed by atoms with van der Waals surface area (Å²) in [6.45, 7) is 0.236. The summed E-state index contributed by atoms with van der Waals surface area (Å²) >= 11 is 5.61. The first kappa shape index (κ1) is 16.2. The highest BCUT2D eigenvalue weighted by atomic mass is 35.5. The maximum absolute atomic E-state index is 13.4. The molecule has 0 saturated heterocycles. The van der Waals surface area contributed by atoms with E-state index in [1.807, 2.05) is 0 Å². The maximum atomic E-state index is 13.4. The molecule has 1 aromatic rings. The van der Waals surface area contributed by atoms with Crippen LogP contribution in [0.4, 0.5) is 19.3 Å². The monoisotopic (exact) mass is 306 g/mol. The van der Waals surface area contributed by atoms with Gasteiger partial charge in [0.05, 0.1) is 10.7 Å². The predicted octanol–water partition coefficient (Wildman–Crippen LogP) is 2.99. The average molecular weight is 307 g/mol. The lowest BCUT2D eigenvalue weighted by Gasteiger charge is -2.09. The molecule has 0 heterocycles. The van der Waals surface area contributed by atoms with Gasteiger partial charge in [0, 0.05) is 19.0 Å². The third kappa shape index (κ3) is 5.40. The quantitative estimate of drug-likeness (QED) is 0.707. The number of carboxylic acid groups (broad SMARTS) is 1. The third-order valence-electron chi connectivity index (χ3n) is 2.35. The Bertz CT molecular complexity index is 488. The number of amides is 2. The summed E-state index contributed by atoms with van der Waals surface area (Å²) in [6.07, 6.45) is 0.905. The number of benzene rings is 1. The number of urea groups is 1. The number of carbonyl (C=O) groups excluding carboxylic acids is 1. The van der Waals surface area contributed by atoms with Gasteiger partial charge < -0.3 is 15.7 Å². The number of carboxylic acids is 1. The van der Waals surface area contributed by atoms with Crippen LogP contribution < -0.4 is 10.6 Å². The Hall–Kier alpha value is -1.89. The van der Waals surface area contributed by atoms with E-state index in [0.717, 1.165) is 6.07 Å². The minimum atomic E-state index is -0.976. The van der Waals surface area contributed by atoms with E-state index >= 15 is 0 Å². The number of nitrogens with one attached hydrogen (secondary N) is 2. The Morgan fingerprint density at radius 1 is 1.25 bits per heavy atom. The first-order chi connectivity index (χ1) is 9.40. The van der Waals surface area contributed by atoms with Crippen molar-refractivity contribution in [3.05, 3.63) is 28.8 Å². The van der Waals surface area contributed by atoms with Crippen molar-refractivity contribution in [1.29, 1.82) is 0 Å². The number of anilines is 1. The van der Waals surface area contributed by atoms with Crippen LogP contribution in [-0.4, -0.2) is 23.7 Å². The van der Waals surface area contributed by atoms with Gasteiger partial charge in [0.25, 0.3) is 0 Å². The molecule has 0 aliphatic carbocycles. The molecule has 8 heteroatoms. The molecule has 3 N–H and O–H groups in total. The Balaban J connectivity index is 2.41. The second-order valence-electron chi connectivity index (χ2n) is 3.98. The summed E-state index contributed by atoms with van der Waals surface area (Å²) in [5, 5.41) is 12.7. The van der Waals surface area contributed by atoms with Crippen molar-refractivity contribution in [3.63, 3.8) is 0 Å². The van der Waals surface area contributed by atoms with Gasteiger partial charge in [0.1, 0.15) is 5.82 Å². The number of hydrogen-bond acceptors (Lipinski definition) is 2. The Labute approximate surface area is 118 Å². The minimum Gasteiger partial charge on any atom is -0.481 e. The SMILES string of the molecule is O=C(O)CCCCNC(=O)Nc1c(F)cc(F)cc1Cl. The summed E-state index contributed by atoms with van der Waals surface area (Å²) in [7, 11) is 0. The van der Waals surface area contributed by atoms with Crippen LogP contribution in [-0.2, 0) is 4.79 Å². The Kier molecular flexibility index (Phi) is 6.17. The fourth-order valence-electron chi connectivity index (χ4n) is 1.42. The van der Waals surface area contributed by atoms with Crippen LogP contribution in [0, 0.1) is 11.6 Å². The van der Waals surface area contributed by atoms with Crippen LogP contribution in [0.25, 0.3) is 0 Å². The van der Waals surface area contributed by atoms with Crippen LogP contribution in [0.5, 0.6) is 0 Å². The largest absolute Gasteiger partial charge is 0.481 e. The normalized spacial score (nSPS) is 10.2. The molecule has 20 heavy (non-hydrogen) atoms. The molecule has 0 fully saturated rings. The first-order valence-electron chi connectivity index (χ1n) is 5.81. The predicted molar refractivity (Wildman–Crippen MR) is 69.9 cm³/mol. The highest BCUT2D eigenvalue weighted by Crippen LogP contribution is 2.26. The highest BCUT2D eigenvalue weighted by Gasteiger charge is 2.12. The van der Waals surface area contributed by atoms with E-state index in [9.17, 15) is 18.4 Å². The van der Waals surface area contributed by atoms with Crippen molar-refractivity contribution in [3.8, 4) is 0 Å². The smallest absolute Gasteiger partial charge is 0.319 e. The van der Waals surface area contributed by atoms with Gasteiger partial charge in [-0.05, 0) is 18.9 Å². The standard InChI is InChI=1S/C12H13ClF2N2O3/c13-8-5-7(14)6-9(15)11(8)17-12(20)16-4-2-1-3-10(18)19/h5-6H,1-4H2,(H,18,19)(H2,16,17,20). The number of carbonyl (C=O) groups is 2. The zero-order valence-corrected chi connectivity index (χ0v) is 11.1. The molecule has 0 saturated carbocycles. The molecule has 0 aromatic heterocycles. The van der Waals surface area contributed by atoms with Gasteiger partial charge in [-0.15, -0.1) is 0 Å². The number of hydrogen-bond donors (Lipinski definition) is 3. The number of unbranched alkanes of at least 4 members (excludes halogenated alkanes) is 1. The molecule has 0 spiro atoms. The van der Waals surface area contributed by atoms with Crippen LogP contribution in [0.1, 0.15) is 19.3 Å². The van der Waals surface area contributed by atoms with E-state index in [1.54, 1.807) is 0 Å². The minimum absolute atomic E-state index is 0.0156. The molecular formula is C12H13ClF2N2O3. The summed E-state index contributed by atoms with van der Waals surface area (Å²) in [6, 6.07) is 0.786. The Morgan fingerprint density at radius 2 is 1.95 bits per heavy atom. The number of halogens is 3. The molecule has 2 amide bonds. The summed E-state index contributed by atoms with van der Waals surface area (Å²) in [5.41, 5.74) is -0.309. The van der Waals surface area contributed by atoms with E-state index in [-0.39, 0.29) is 23.7 Å².